The van der Waals surface area contributed by atoms with Crippen molar-refractivity contribution in [2.24, 2.45) is 0 Å². The normalized spacial score (nSPS) is 10.8. The molecule has 0 radical (unpaired) electrons. The quantitative estimate of drug-likeness (QED) is 0.894. The first-order chi connectivity index (χ1) is 8.15. The minimum absolute atomic E-state index is 0.902. The van der Waals surface area contributed by atoms with E-state index in [1.165, 1.54) is 21.6 Å². The van der Waals surface area contributed by atoms with Crippen LogP contribution in [0, 0.1) is 20.8 Å². The van der Waals surface area contributed by atoms with Crippen LogP contribution >= 0.6 is 11.3 Å². The minimum Gasteiger partial charge on any atom is -0.308 e. The molecule has 3 heteroatoms. The van der Waals surface area contributed by atoms with Crippen molar-refractivity contribution >= 4 is 11.3 Å². The summed E-state index contributed by atoms with van der Waals surface area (Å²) < 4.78 is 0. The predicted octanol–water partition coefficient (Wildman–Crippen LogP) is 3.36. The first kappa shape index (κ1) is 12.3. The monoisotopic (exact) mass is 246 g/mol. The molecule has 0 spiro atoms. The van der Waals surface area contributed by atoms with Crippen LogP contribution in [0.15, 0.2) is 24.4 Å². The molecule has 0 saturated carbocycles. The third-order valence-electron chi connectivity index (χ3n) is 2.78. The first-order valence-electron chi connectivity index (χ1n) is 5.83. The summed E-state index contributed by atoms with van der Waals surface area (Å²) in [6.07, 6.45) is 1.95. The maximum absolute atomic E-state index is 4.25. The molecule has 2 rings (SSSR count). The molecule has 2 aromatic rings. The molecule has 0 aliphatic heterocycles. The Bertz CT molecular complexity index is 503. The van der Waals surface area contributed by atoms with Crippen molar-refractivity contribution in [2.75, 3.05) is 0 Å². The Hall–Kier alpha value is -1.19. The van der Waals surface area contributed by atoms with E-state index < -0.39 is 0 Å². The van der Waals surface area contributed by atoms with Crippen LogP contribution in [0.5, 0.6) is 0 Å². The highest BCUT2D eigenvalue weighted by Gasteiger charge is 2.00. The smallest absolute Gasteiger partial charge is 0.0897 e. The van der Waals surface area contributed by atoms with Crippen LogP contribution < -0.4 is 5.32 Å². The highest BCUT2D eigenvalue weighted by Crippen LogP contribution is 2.13. The fourth-order valence-electron chi connectivity index (χ4n) is 1.85. The van der Waals surface area contributed by atoms with Gasteiger partial charge in [0.25, 0.3) is 0 Å². The number of hydrogen-bond donors (Lipinski definition) is 1. The first-order valence-corrected chi connectivity index (χ1v) is 6.65. The number of nitrogens with one attached hydrogen (secondary N) is 1. The van der Waals surface area contributed by atoms with Crippen LogP contribution in [0.25, 0.3) is 0 Å². The summed E-state index contributed by atoms with van der Waals surface area (Å²) in [6, 6.07) is 6.60. The van der Waals surface area contributed by atoms with Crippen LogP contribution in [0.4, 0.5) is 0 Å². The Balaban J connectivity index is 1.90. The lowest BCUT2D eigenvalue weighted by molar-refractivity contribution is 0.697. The molecule has 1 aromatic heterocycles. The van der Waals surface area contributed by atoms with Gasteiger partial charge in [0.15, 0.2) is 0 Å². The van der Waals surface area contributed by atoms with Gasteiger partial charge in [0, 0.05) is 24.2 Å². The second-order valence-corrected chi connectivity index (χ2v) is 5.70. The number of aromatic nitrogens is 1. The summed E-state index contributed by atoms with van der Waals surface area (Å²) in [5.74, 6) is 0. The maximum Gasteiger partial charge on any atom is 0.0897 e. The molecule has 90 valence electrons. The van der Waals surface area contributed by atoms with E-state index in [-0.39, 0.29) is 0 Å². The molecule has 1 aromatic carbocycles. The van der Waals surface area contributed by atoms with Gasteiger partial charge in [-0.3, -0.25) is 0 Å². The lowest BCUT2D eigenvalue weighted by Crippen LogP contribution is -2.12. The number of aryl methyl sites for hydroxylation is 3. The number of rotatable bonds is 4. The van der Waals surface area contributed by atoms with E-state index in [4.69, 9.17) is 0 Å². The molecular weight excluding hydrogens is 228 g/mol. The minimum atomic E-state index is 0.902. The van der Waals surface area contributed by atoms with E-state index in [1.807, 2.05) is 13.1 Å². The van der Waals surface area contributed by atoms with Gasteiger partial charge < -0.3 is 5.32 Å². The molecule has 0 bridgehead atoms. The molecule has 2 nitrogen and oxygen atoms in total. The third kappa shape index (κ3) is 3.38. The van der Waals surface area contributed by atoms with Gasteiger partial charge in [0.05, 0.1) is 5.01 Å². The SMILES string of the molecule is Cc1ccc(CNCc2cnc(C)s2)c(C)c1. The Morgan fingerprint density at radius 1 is 1.18 bits per heavy atom. The molecule has 0 fully saturated rings. The van der Waals surface area contributed by atoms with Gasteiger partial charge >= 0.3 is 0 Å². The molecular formula is C14H18N2S. The summed E-state index contributed by atoms with van der Waals surface area (Å²) in [6.45, 7) is 8.16. The van der Waals surface area contributed by atoms with E-state index in [0.29, 0.717) is 0 Å². The Morgan fingerprint density at radius 3 is 2.65 bits per heavy atom. The zero-order chi connectivity index (χ0) is 12.3. The van der Waals surface area contributed by atoms with Gasteiger partial charge in [0.1, 0.15) is 0 Å². The van der Waals surface area contributed by atoms with Gasteiger partial charge in [-0.15, -0.1) is 11.3 Å². The van der Waals surface area contributed by atoms with E-state index >= 15 is 0 Å². The second kappa shape index (κ2) is 5.43. The molecule has 0 unspecified atom stereocenters. The Kier molecular flexibility index (Phi) is 3.92. The molecule has 0 atom stereocenters. The van der Waals surface area contributed by atoms with Gasteiger partial charge in [-0.25, -0.2) is 4.98 Å². The molecule has 17 heavy (non-hydrogen) atoms. The highest BCUT2D eigenvalue weighted by molar-refractivity contribution is 7.11. The predicted molar refractivity (Wildman–Crippen MR) is 73.3 cm³/mol. The van der Waals surface area contributed by atoms with Crippen molar-refractivity contribution in [1.82, 2.24) is 10.3 Å². The van der Waals surface area contributed by atoms with Gasteiger partial charge in [-0.05, 0) is 31.9 Å². The number of thiazole rings is 1. The Morgan fingerprint density at radius 2 is 2.00 bits per heavy atom. The zero-order valence-electron chi connectivity index (χ0n) is 10.6. The van der Waals surface area contributed by atoms with Crippen LogP contribution in [0.3, 0.4) is 0 Å². The molecule has 0 amide bonds. The summed E-state index contributed by atoms with van der Waals surface area (Å²) in [5, 5.41) is 4.59. The standard InChI is InChI=1S/C14H18N2S/c1-10-4-5-13(11(2)6-10)7-15-8-14-9-16-12(3)17-14/h4-6,9,15H,7-8H2,1-3H3. The van der Waals surface area contributed by atoms with Gasteiger partial charge in [-0.2, -0.15) is 0 Å². The summed E-state index contributed by atoms with van der Waals surface area (Å²) >= 11 is 1.76. The molecule has 0 aliphatic carbocycles. The van der Waals surface area contributed by atoms with Crippen molar-refractivity contribution in [3.05, 3.63) is 51.0 Å². The van der Waals surface area contributed by atoms with Crippen LogP contribution in [-0.2, 0) is 13.1 Å². The summed E-state index contributed by atoms with van der Waals surface area (Å²) in [5.41, 5.74) is 4.05. The summed E-state index contributed by atoms with van der Waals surface area (Å²) in [7, 11) is 0. The lowest BCUT2D eigenvalue weighted by atomic mass is 10.1. The molecule has 0 saturated heterocycles. The number of benzene rings is 1. The second-order valence-electron chi connectivity index (χ2n) is 4.38. The topological polar surface area (TPSA) is 24.9 Å². The van der Waals surface area contributed by atoms with E-state index in [1.54, 1.807) is 11.3 Å². The maximum atomic E-state index is 4.25. The van der Waals surface area contributed by atoms with Crippen molar-refractivity contribution < 1.29 is 0 Å². The lowest BCUT2D eigenvalue weighted by Gasteiger charge is -2.07. The van der Waals surface area contributed by atoms with Crippen LogP contribution in [0.1, 0.15) is 26.6 Å². The van der Waals surface area contributed by atoms with Crippen molar-refractivity contribution in [3.8, 4) is 0 Å². The largest absolute Gasteiger partial charge is 0.308 e. The van der Waals surface area contributed by atoms with Gasteiger partial charge in [0.2, 0.25) is 0 Å². The van der Waals surface area contributed by atoms with Crippen molar-refractivity contribution in [3.63, 3.8) is 0 Å². The number of nitrogens with zero attached hydrogens (tertiary/aromatic N) is 1. The van der Waals surface area contributed by atoms with Crippen molar-refractivity contribution in [1.29, 1.82) is 0 Å². The number of hydrogen-bond acceptors (Lipinski definition) is 3. The van der Waals surface area contributed by atoms with Crippen LogP contribution in [-0.4, -0.2) is 4.98 Å². The van der Waals surface area contributed by atoms with E-state index in [2.05, 4.69) is 42.3 Å². The fourth-order valence-corrected chi connectivity index (χ4v) is 2.62. The molecule has 1 heterocycles. The van der Waals surface area contributed by atoms with E-state index in [9.17, 15) is 0 Å². The van der Waals surface area contributed by atoms with Crippen LogP contribution in [0.2, 0.25) is 0 Å². The van der Waals surface area contributed by atoms with E-state index in [0.717, 1.165) is 18.1 Å². The fraction of sp³-hybridized carbons (Fsp3) is 0.357. The van der Waals surface area contributed by atoms with Gasteiger partial charge in [-0.1, -0.05) is 23.8 Å². The summed E-state index contributed by atoms with van der Waals surface area (Å²) in [4.78, 5) is 5.55. The molecule has 0 aliphatic rings. The average molecular weight is 246 g/mol. The highest BCUT2D eigenvalue weighted by atomic mass is 32.1. The Labute approximate surface area is 107 Å². The zero-order valence-corrected chi connectivity index (χ0v) is 11.4. The average Bonchev–Trinajstić information content (AvgIpc) is 2.68. The molecule has 1 N–H and O–H groups in total. The van der Waals surface area contributed by atoms with Crippen molar-refractivity contribution in [2.45, 2.75) is 33.9 Å². The third-order valence-corrected chi connectivity index (χ3v) is 3.69.